The number of fused-ring (bicyclic) bond motifs is 5. The van der Waals surface area contributed by atoms with Gasteiger partial charge in [0, 0.05) is 0 Å². The van der Waals surface area contributed by atoms with Crippen molar-refractivity contribution in [3.63, 3.8) is 0 Å². The van der Waals surface area contributed by atoms with Crippen molar-refractivity contribution in [2.45, 2.75) is 116 Å². The van der Waals surface area contributed by atoms with E-state index in [2.05, 4.69) is 20.0 Å². The van der Waals surface area contributed by atoms with E-state index in [4.69, 9.17) is 18.6 Å². The molecule has 1 aromatic rings. The van der Waals surface area contributed by atoms with Gasteiger partial charge in [0.1, 0.15) is 0 Å². The number of aliphatic hydroxyl groups excluding tert-OH is 2. The van der Waals surface area contributed by atoms with Gasteiger partial charge in [0.05, 0.1) is 0 Å². The van der Waals surface area contributed by atoms with Crippen LogP contribution in [0.5, 0.6) is 0 Å². The number of halogens is 1. The second-order valence-electron chi connectivity index (χ2n) is 14.5. The molecular formula is C34H48IO10Si-. The van der Waals surface area contributed by atoms with Gasteiger partial charge in [0.25, 0.3) is 0 Å². The third-order valence-corrected chi connectivity index (χ3v) is 21.6. The summed E-state index contributed by atoms with van der Waals surface area (Å²) in [7, 11) is 0. The van der Waals surface area contributed by atoms with Gasteiger partial charge in [0.2, 0.25) is 0 Å². The fraction of sp³-hybridized carbons (Fsp3) is 0.676. The summed E-state index contributed by atoms with van der Waals surface area (Å²) in [5.41, 5.74) is -5.65. The number of alkyl halides is 1. The van der Waals surface area contributed by atoms with Crippen molar-refractivity contribution < 1.29 is 68.8 Å². The number of Topliss-reactive ketones (excluding diaryl/α,β-unsaturated/α-hetero) is 1. The van der Waals surface area contributed by atoms with Gasteiger partial charge in [-0.25, -0.2) is 0 Å². The van der Waals surface area contributed by atoms with E-state index in [1.54, 1.807) is 58.0 Å². The Labute approximate surface area is 281 Å². The molecule has 256 valence electrons. The molecule has 2 saturated carbocycles. The third kappa shape index (κ3) is 5.43. The summed E-state index contributed by atoms with van der Waals surface area (Å²) < 4.78 is 26.7. The van der Waals surface area contributed by atoms with Crippen molar-refractivity contribution in [2.24, 2.45) is 16.7 Å². The molecule has 0 aromatic heterocycles. The molecule has 1 aliphatic heterocycles. The van der Waals surface area contributed by atoms with Crippen LogP contribution in [0.2, 0.25) is 13.1 Å². The van der Waals surface area contributed by atoms with Crippen LogP contribution in [0, 0.1) is 16.7 Å². The average Bonchev–Trinajstić information content (AvgIpc) is 2.98. The maximum absolute atomic E-state index is 15.1. The molecule has 4 aliphatic rings. The second kappa shape index (κ2) is 12.3. The fourth-order valence-electron chi connectivity index (χ4n) is 8.50. The summed E-state index contributed by atoms with van der Waals surface area (Å²) >= 11 is -0.337. The van der Waals surface area contributed by atoms with Crippen LogP contribution >= 0.6 is 0 Å². The first-order chi connectivity index (χ1) is 21.4. The van der Waals surface area contributed by atoms with Gasteiger partial charge in [-0.15, -0.1) is 0 Å². The van der Waals surface area contributed by atoms with Crippen LogP contribution in [0.15, 0.2) is 41.5 Å². The van der Waals surface area contributed by atoms with Crippen molar-refractivity contribution in [1.29, 1.82) is 0 Å². The number of hydrogen-bond acceptors (Lipinski definition) is 10. The van der Waals surface area contributed by atoms with E-state index in [0.717, 1.165) is 10.8 Å². The van der Waals surface area contributed by atoms with Gasteiger partial charge < -0.3 is 0 Å². The Morgan fingerprint density at radius 2 is 1.78 bits per heavy atom. The van der Waals surface area contributed by atoms with E-state index in [-0.39, 0.29) is 51.0 Å². The fourth-order valence-corrected chi connectivity index (χ4v) is 17.2. The molecule has 3 aliphatic carbocycles. The number of ketones is 1. The van der Waals surface area contributed by atoms with E-state index in [1.165, 1.54) is 6.92 Å². The number of esters is 2. The zero-order chi connectivity index (χ0) is 34.0. The van der Waals surface area contributed by atoms with E-state index in [9.17, 15) is 24.9 Å². The average molecular weight is 772 g/mol. The van der Waals surface area contributed by atoms with Crippen molar-refractivity contribution in [2.75, 3.05) is 11.0 Å². The van der Waals surface area contributed by atoms with Crippen molar-refractivity contribution >= 4 is 23.5 Å². The standard InChI is InChI=1S/C34H48IO10Si/c1-9-15-35-46(7,8)45-23-16-24-33(18-42-24,44-20(3)36)27-29(43-30(40)21-13-11-10-12-14-21)34(41)17-22(37)19(2)25(31(34,4)5)26(38)28(39)32(23,27)6/h10-14,22-24,26-27,29,37-38,41H,9,15-18H2,1-8H3/q-1/t22-,23-,24+,26+,27?,29-,32+,33-,34+/m0/s1. The van der Waals surface area contributed by atoms with E-state index >= 15 is 4.79 Å². The summed E-state index contributed by atoms with van der Waals surface area (Å²) in [4.78, 5) is 41.9. The summed E-state index contributed by atoms with van der Waals surface area (Å²) in [5.74, 6) is -5.45. The van der Waals surface area contributed by atoms with Gasteiger partial charge >= 0.3 is 283 Å². The van der Waals surface area contributed by atoms with Crippen molar-refractivity contribution in [3.8, 4) is 0 Å². The topological polar surface area (TPSA) is 149 Å². The first kappa shape index (κ1) is 35.6. The molecule has 46 heavy (non-hydrogen) atoms. The van der Waals surface area contributed by atoms with Gasteiger partial charge in [0.15, 0.2) is 0 Å². The van der Waals surface area contributed by atoms with Crippen LogP contribution < -0.4 is 20.4 Å². The van der Waals surface area contributed by atoms with Crippen LogP contribution in [0.1, 0.15) is 71.2 Å². The molecular weight excluding hydrogens is 723 g/mol. The Kier molecular flexibility index (Phi) is 9.55. The summed E-state index contributed by atoms with van der Waals surface area (Å²) in [6.45, 7) is 14.3. The Hall–Kier alpha value is -1.68. The Balaban J connectivity index is 1.81. The molecule has 1 saturated heterocycles. The molecule has 3 fully saturated rings. The number of aliphatic hydroxyl groups is 3. The molecule has 1 unspecified atom stereocenters. The molecule has 5 rings (SSSR count). The molecule has 3 N–H and O–H groups in total. The second-order valence-corrected chi connectivity index (χ2v) is 28.9. The third-order valence-electron chi connectivity index (χ3n) is 10.9. The first-order valence-corrected chi connectivity index (χ1v) is 23.6. The Morgan fingerprint density at radius 3 is 2.35 bits per heavy atom. The molecule has 2 bridgehead atoms. The first-order valence-electron chi connectivity index (χ1n) is 16.1. The van der Waals surface area contributed by atoms with Crippen LogP contribution in [0.25, 0.3) is 0 Å². The molecule has 0 spiro atoms. The Bertz CT molecular complexity index is 1410. The van der Waals surface area contributed by atoms with Crippen LogP contribution in [-0.4, -0.2) is 91.6 Å². The van der Waals surface area contributed by atoms with E-state index in [0.29, 0.717) is 5.57 Å². The van der Waals surface area contributed by atoms with Crippen LogP contribution in [-0.2, 0) is 28.2 Å². The predicted octanol–water partition coefficient (Wildman–Crippen LogP) is 0.307. The SMILES string of the molecule is CCC[I-][Si](C)(C)O[C@H]1C[C@H]2OC[C@@]2(OC(C)=O)C2[C@H](OC(=O)c3ccccc3)[C@]3(O)C[C@H](O)C(C)=C([C@@H](O)C(=O)[C@@]21C)C3(C)C. The monoisotopic (exact) mass is 771 g/mol. The number of hydrogen-bond donors (Lipinski definition) is 3. The van der Waals surface area contributed by atoms with Crippen LogP contribution in [0.4, 0.5) is 0 Å². The van der Waals surface area contributed by atoms with E-state index < -0.39 is 82.0 Å². The zero-order valence-corrected chi connectivity index (χ0v) is 31.1. The molecule has 0 amide bonds. The van der Waals surface area contributed by atoms with Gasteiger partial charge in [-0.2, -0.15) is 0 Å². The minimum atomic E-state index is -2.32. The van der Waals surface area contributed by atoms with Gasteiger partial charge in [-0.3, -0.25) is 0 Å². The van der Waals surface area contributed by atoms with Crippen LogP contribution in [0.3, 0.4) is 0 Å². The Morgan fingerprint density at radius 1 is 1.13 bits per heavy atom. The normalized spacial score (nSPS) is 38.5. The number of rotatable bonds is 8. The van der Waals surface area contributed by atoms with Crippen molar-refractivity contribution in [1.82, 2.24) is 0 Å². The predicted molar refractivity (Wildman–Crippen MR) is 167 cm³/mol. The van der Waals surface area contributed by atoms with E-state index in [1.807, 2.05) is 0 Å². The summed E-state index contributed by atoms with van der Waals surface area (Å²) in [5, 5.41) is 36.5. The minimum absolute atomic E-state index is 0.0998. The quantitative estimate of drug-likeness (QED) is 0.0843. The molecule has 1 aromatic carbocycles. The number of benzene rings is 1. The maximum atomic E-state index is 15.1. The summed E-state index contributed by atoms with van der Waals surface area (Å²) in [6, 6.07) is 8.33. The number of ether oxygens (including phenoxy) is 3. The molecule has 10 nitrogen and oxygen atoms in total. The molecule has 9 atom stereocenters. The number of carbonyl (C=O) groups is 3. The number of carbonyl (C=O) groups excluding carboxylic acids is 3. The zero-order valence-electron chi connectivity index (χ0n) is 28.0. The summed E-state index contributed by atoms with van der Waals surface area (Å²) in [6.07, 6.45) is -4.95. The molecule has 1 heterocycles. The van der Waals surface area contributed by atoms with Crippen molar-refractivity contribution in [3.05, 3.63) is 47.0 Å². The molecule has 0 radical (unpaired) electrons. The van der Waals surface area contributed by atoms with Gasteiger partial charge in [-0.1, -0.05) is 0 Å². The molecule has 12 heteroatoms. The van der Waals surface area contributed by atoms with Gasteiger partial charge in [-0.05, 0) is 0 Å².